The minimum Gasteiger partial charge on any atom is -0.496 e. The minimum absolute atomic E-state index is 0.234. The smallest absolute Gasteiger partial charge is 0.271 e. The zero-order valence-electron chi connectivity index (χ0n) is 16.6. The molecule has 1 aliphatic heterocycles. The van der Waals surface area contributed by atoms with Crippen LogP contribution in [0.25, 0.3) is 10.8 Å². The maximum absolute atomic E-state index is 12.6. The highest BCUT2D eigenvalue weighted by Gasteiger charge is 2.13. The van der Waals surface area contributed by atoms with Crippen molar-refractivity contribution in [2.75, 3.05) is 25.1 Å². The van der Waals surface area contributed by atoms with E-state index in [1.54, 1.807) is 19.4 Å². The Hall–Kier alpha value is -3.34. The number of rotatable bonds is 5. The van der Waals surface area contributed by atoms with Crippen LogP contribution in [0, 0.1) is 0 Å². The molecule has 1 N–H and O–H groups in total. The highest BCUT2D eigenvalue weighted by molar-refractivity contribution is 6.07. The summed E-state index contributed by atoms with van der Waals surface area (Å²) >= 11 is 0. The summed E-state index contributed by atoms with van der Waals surface area (Å²) in [5, 5.41) is 6.09. The molecule has 5 heteroatoms. The van der Waals surface area contributed by atoms with Gasteiger partial charge in [0.05, 0.1) is 13.3 Å². The van der Waals surface area contributed by atoms with Crippen LogP contribution < -0.4 is 15.1 Å². The highest BCUT2D eigenvalue weighted by Crippen LogP contribution is 2.27. The number of anilines is 1. The fourth-order valence-electron chi connectivity index (χ4n) is 3.80. The van der Waals surface area contributed by atoms with Crippen LogP contribution in [-0.4, -0.2) is 32.3 Å². The number of benzene rings is 3. The number of amides is 1. The number of hydrogen-bond donors (Lipinski definition) is 1. The molecule has 3 aromatic carbocycles. The van der Waals surface area contributed by atoms with Gasteiger partial charge in [0.25, 0.3) is 5.91 Å². The van der Waals surface area contributed by atoms with E-state index < -0.39 is 0 Å². The Morgan fingerprint density at radius 2 is 1.83 bits per heavy atom. The lowest BCUT2D eigenvalue weighted by atomic mass is 10.0. The molecule has 0 saturated carbocycles. The first-order chi connectivity index (χ1) is 14.3. The topological polar surface area (TPSA) is 53.9 Å². The van der Waals surface area contributed by atoms with Gasteiger partial charge in [0.15, 0.2) is 0 Å². The maximum atomic E-state index is 12.6. The van der Waals surface area contributed by atoms with Crippen LogP contribution in [0.2, 0.25) is 0 Å². The second-order valence-electron chi connectivity index (χ2n) is 7.20. The molecule has 0 bridgehead atoms. The highest BCUT2D eigenvalue weighted by atomic mass is 16.5. The van der Waals surface area contributed by atoms with Crippen LogP contribution in [-0.2, 0) is 0 Å². The quantitative estimate of drug-likeness (QED) is 0.514. The van der Waals surface area contributed by atoms with Crippen molar-refractivity contribution in [3.05, 3.63) is 71.8 Å². The van der Waals surface area contributed by atoms with E-state index in [-0.39, 0.29) is 5.91 Å². The van der Waals surface area contributed by atoms with Crippen molar-refractivity contribution >= 4 is 28.6 Å². The third-order valence-electron chi connectivity index (χ3n) is 5.34. The molecule has 4 rings (SSSR count). The average molecular weight is 387 g/mol. The Labute approximate surface area is 171 Å². The second-order valence-corrected chi connectivity index (χ2v) is 7.20. The van der Waals surface area contributed by atoms with Gasteiger partial charge >= 0.3 is 0 Å². The molecule has 0 aliphatic carbocycles. The van der Waals surface area contributed by atoms with E-state index in [9.17, 15) is 4.79 Å². The van der Waals surface area contributed by atoms with Gasteiger partial charge in [-0.2, -0.15) is 5.10 Å². The molecule has 1 fully saturated rings. The van der Waals surface area contributed by atoms with Gasteiger partial charge in [-0.15, -0.1) is 0 Å². The van der Waals surface area contributed by atoms with Gasteiger partial charge in [-0.05, 0) is 48.2 Å². The minimum atomic E-state index is -0.234. The summed E-state index contributed by atoms with van der Waals surface area (Å²) in [6, 6.07) is 19.6. The first kappa shape index (κ1) is 19.0. The van der Waals surface area contributed by atoms with Gasteiger partial charge in [-0.25, -0.2) is 5.43 Å². The number of piperidine rings is 1. The summed E-state index contributed by atoms with van der Waals surface area (Å²) in [7, 11) is 1.65. The van der Waals surface area contributed by atoms with Crippen LogP contribution in [0.15, 0.2) is 65.8 Å². The van der Waals surface area contributed by atoms with Gasteiger partial charge in [0, 0.05) is 36.0 Å². The summed E-state index contributed by atoms with van der Waals surface area (Å²) in [5.41, 5.74) is 5.23. The predicted octanol–water partition coefficient (Wildman–Crippen LogP) is 4.60. The second kappa shape index (κ2) is 8.78. The van der Waals surface area contributed by atoms with E-state index in [2.05, 4.69) is 21.5 Å². The molecule has 29 heavy (non-hydrogen) atoms. The SMILES string of the molecule is COc1cc(N2CCCCC2)ccc1/C=N\NC(=O)c1cccc2ccccc12. The Balaban J connectivity index is 1.49. The fourth-order valence-corrected chi connectivity index (χ4v) is 3.80. The molecule has 0 spiro atoms. The summed E-state index contributed by atoms with van der Waals surface area (Å²) in [6.07, 6.45) is 5.38. The number of hydrazone groups is 1. The molecule has 5 nitrogen and oxygen atoms in total. The molecule has 1 heterocycles. The van der Waals surface area contributed by atoms with Crippen molar-refractivity contribution in [1.29, 1.82) is 0 Å². The molecule has 148 valence electrons. The first-order valence-electron chi connectivity index (χ1n) is 10.0. The lowest BCUT2D eigenvalue weighted by molar-refractivity contribution is 0.0957. The van der Waals surface area contributed by atoms with Gasteiger partial charge in [0.2, 0.25) is 0 Å². The number of ether oxygens (including phenoxy) is 1. The van der Waals surface area contributed by atoms with Gasteiger partial charge < -0.3 is 9.64 Å². The Morgan fingerprint density at radius 3 is 2.66 bits per heavy atom. The van der Waals surface area contributed by atoms with Gasteiger partial charge in [-0.1, -0.05) is 36.4 Å². The summed E-state index contributed by atoms with van der Waals surface area (Å²) in [4.78, 5) is 15.0. The molecule has 1 aliphatic rings. The summed E-state index contributed by atoms with van der Waals surface area (Å²) in [5.74, 6) is 0.512. The number of nitrogens with zero attached hydrogens (tertiary/aromatic N) is 2. The number of nitrogens with one attached hydrogen (secondary N) is 1. The van der Waals surface area contributed by atoms with E-state index in [0.29, 0.717) is 5.56 Å². The molecule has 0 atom stereocenters. The Bertz CT molecular complexity index is 1030. The molecule has 1 amide bonds. The van der Waals surface area contributed by atoms with Gasteiger partial charge in [0.1, 0.15) is 5.75 Å². The zero-order valence-corrected chi connectivity index (χ0v) is 16.6. The molecule has 1 saturated heterocycles. The van der Waals surface area contributed by atoms with Crippen molar-refractivity contribution in [3.63, 3.8) is 0 Å². The number of carbonyl (C=O) groups excluding carboxylic acids is 1. The molecule has 0 radical (unpaired) electrons. The fraction of sp³-hybridized carbons (Fsp3) is 0.250. The zero-order chi connectivity index (χ0) is 20.1. The normalized spacial score (nSPS) is 14.3. The van der Waals surface area contributed by atoms with Crippen LogP contribution in [0.3, 0.4) is 0 Å². The van der Waals surface area contributed by atoms with E-state index in [4.69, 9.17) is 4.74 Å². The van der Waals surface area contributed by atoms with E-state index in [1.807, 2.05) is 48.5 Å². The van der Waals surface area contributed by atoms with Crippen molar-refractivity contribution in [2.45, 2.75) is 19.3 Å². The number of carbonyl (C=O) groups is 1. The molecule has 0 aromatic heterocycles. The molecular weight excluding hydrogens is 362 g/mol. The van der Waals surface area contributed by atoms with Crippen molar-refractivity contribution in [2.24, 2.45) is 5.10 Å². The van der Waals surface area contributed by atoms with Crippen molar-refractivity contribution in [3.8, 4) is 5.75 Å². The summed E-state index contributed by atoms with van der Waals surface area (Å²) < 4.78 is 5.55. The first-order valence-corrected chi connectivity index (χ1v) is 10.0. The number of hydrogen-bond acceptors (Lipinski definition) is 4. The third kappa shape index (κ3) is 4.24. The van der Waals surface area contributed by atoms with Crippen LogP contribution in [0.1, 0.15) is 35.2 Å². The lowest BCUT2D eigenvalue weighted by Gasteiger charge is -2.29. The molecule has 3 aromatic rings. The van der Waals surface area contributed by atoms with E-state index >= 15 is 0 Å². The monoisotopic (exact) mass is 387 g/mol. The van der Waals surface area contributed by atoms with Crippen molar-refractivity contribution in [1.82, 2.24) is 5.43 Å². The largest absolute Gasteiger partial charge is 0.496 e. The van der Waals surface area contributed by atoms with Crippen molar-refractivity contribution < 1.29 is 9.53 Å². The Morgan fingerprint density at radius 1 is 1.03 bits per heavy atom. The van der Waals surface area contributed by atoms with Gasteiger partial charge in [-0.3, -0.25) is 4.79 Å². The predicted molar refractivity (Wildman–Crippen MR) is 118 cm³/mol. The standard InChI is InChI=1S/C24H25N3O2/c1-29-23-16-20(27-14-5-2-6-15-27)13-12-19(23)17-25-26-24(28)22-11-7-9-18-8-3-4-10-21(18)22/h3-4,7-13,16-17H,2,5-6,14-15H2,1H3,(H,26,28)/b25-17-. The molecular formula is C24H25N3O2. The van der Waals surface area contributed by atoms with Crippen LogP contribution in [0.4, 0.5) is 5.69 Å². The molecule has 0 unspecified atom stereocenters. The number of methoxy groups -OCH3 is 1. The maximum Gasteiger partial charge on any atom is 0.271 e. The van der Waals surface area contributed by atoms with E-state index in [0.717, 1.165) is 35.2 Å². The lowest BCUT2D eigenvalue weighted by Crippen LogP contribution is -2.29. The van der Waals surface area contributed by atoms with Crippen LogP contribution >= 0.6 is 0 Å². The summed E-state index contributed by atoms with van der Waals surface area (Å²) in [6.45, 7) is 2.16. The Kier molecular flexibility index (Phi) is 5.75. The number of fused-ring (bicyclic) bond motifs is 1. The average Bonchev–Trinajstić information content (AvgIpc) is 2.79. The van der Waals surface area contributed by atoms with E-state index in [1.165, 1.54) is 24.9 Å². The van der Waals surface area contributed by atoms with Crippen LogP contribution in [0.5, 0.6) is 5.75 Å². The third-order valence-corrected chi connectivity index (χ3v) is 5.34.